The van der Waals surface area contributed by atoms with Gasteiger partial charge in [-0.2, -0.15) is 0 Å². The summed E-state index contributed by atoms with van der Waals surface area (Å²) in [7, 11) is 2.23. The summed E-state index contributed by atoms with van der Waals surface area (Å²) in [6, 6.07) is 9.44. The molecule has 4 nitrogen and oxygen atoms in total. The molecule has 1 aliphatic rings. The minimum absolute atomic E-state index is 0.210. The number of carbonyl (C=O) groups excluding carboxylic acids is 1. The first-order chi connectivity index (χ1) is 12.3. The first-order valence-electron chi connectivity index (χ1n) is 8.48. The molecule has 0 aromatic heterocycles. The van der Waals surface area contributed by atoms with E-state index in [2.05, 4.69) is 52.0 Å². The fourth-order valence-corrected chi connectivity index (χ4v) is 4.09. The molecule has 0 bridgehead atoms. The molecule has 1 heterocycles. The third-order valence-electron chi connectivity index (χ3n) is 4.68. The van der Waals surface area contributed by atoms with Crippen molar-refractivity contribution in [2.24, 2.45) is 0 Å². The molecule has 1 fully saturated rings. The number of nitrogens with zero attached hydrogens (tertiary/aromatic N) is 1. The second-order valence-corrected chi connectivity index (χ2v) is 8.57. The summed E-state index contributed by atoms with van der Waals surface area (Å²) in [5.74, 6) is -0.210. The molecule has 2 N–H and O–H groups in total. The van der Waals surface area contributed by atoms with E-state index >= 15 is 0 Å². The number of hydrogen-bond donors (Lipinski definition) is 2. The van der Waals surface area contributed by atoms with E-state index in [1.165, 1.54) is 5.69 Å². The molecule has 0 unspecified atom stereocenters. The van der Waals surface area contributed by atoms with Gasteiger partial charge < -0.3 is 15.1 Å². The average Bonchev–Trinajstić information content (AvgIpc) is 2.60. The maximum absolute atomic E-state index is 12.7. The Morgan fingerprint density at radius 3 is 2.54 bits per heavy atom. The Kier molecular flexibility index (Phi) is 6.33. The Balaban J connectivity index is 1.77. The zero-order chi connectivity index (χ0) is 18.8. The largest absolute Gasteiger partial charge is 0.360 e. The van der Waals surface area contributed by atoms with Crippen molar-refractivity contribution in [3.8, 4) is 0 Å². The molecule has 0 aliphatic carbocycles. The highest BCUT2D eigenvalue weighted by atomic mass is 127. The number of nitrogens with one attached hydrogen (secondary N) is 2. The number of carbonyl (C=O) groups is 1. The fraction of sp³-hybridized carbons (Fsp3) is 0.316. The quantitative estimate of drug-likeness (QED) is 0.496. The second-order valence-electron chi connectivity index (χ2n) is 6.65. The van der Waals surface area contributed by atoms with Gasteiger partial charge in [0.15, 0.2) is 0 Å². The van der Waals surface area contributed by atoms with Crippen LogP contribution in [0.15, 0.2) is 30.3 Å². The number of likely N-dealkylation sites (N-methyl/N-ethyl adjacent to an activating group) is 1. The third kappa shape index (κ3) is 4.44. The van der Waals surface area contributed by atoms with Crippen molar-refractivity contribution in [3.63, 3.8) is 0 Å². The standard InChI is InChI=1S/C19H20Cl2IN3O/c1-12-9-14(25-7-5-24(2)6-8-25)3-4-17(12)23-19(26)15-10-13(20)11-16(21)18(15)22/h3-4,9-11H,5-8H2,1-2H3,(H,23,26)/p+1. The molecule has 138 valence electrons. The van der Waals surface area contributed by atoms with Gasteiger partial charge in [0.1, 0.15) is 0 Å². The van der Waals surface area contributed by atoms with Crippen molar-refractivity contribution < 1.29 is 9.69 Å². The predicted molar refractivity (Wildman–Crippen MR) is 117 cm³/mol. The fourth-order valence-electron chi connectivity index (χ4n) is 3.04. The van der Waals surface area contributed by atoms with Gasteiger partial charge in [-0.05, 0) is 65.4 Å². The molecular weight excluding hydrogens is 484 g/mol. The highest BCUT2D eigenvalue weighted by Gasteiger charge is 2.18. The molecule has 26 heavy (non-hydrogen) atoms. The third-order valence-corrected chi connectivity index (χ3v) is 6.68. The first kappa shape index (κ1) is 19.7. The molecular formula is C19H21Cl2IN3O+. The second kappa shape index (κ2) is 8.33. The van der Waals surface area contributed by atoms with Crippen LogP contribution in [0.1, 0.15) is 15.9 Å². The SMILES string of the molecule is Cc1cc(N2CC[NH+](C)CC2)ccc1NC(=O)c1cc(Cl)cc(Cl)c1I. The van der Waals surface area contributed by atoms with Gasteiger partial charge in [-0.1, -0.05) is 23.2 Å². The maximum Gasteiger partial charge on any atom is 0.256 e. The number of amides is 1. The van der Waals surface area contributed by atoms with Gasteiger partial charge >= 0.3 is 0 Å². The molecule has 1 aliphatic heterocycles. The molecule has 0 radical (unpaired) electrons. The number of halogens is 3. The molecule has 2 aromatic rings. The topological polar surface area (TPSA) is 36.8 Å². The molecule has 0 saturated carbocycles. The molecule has 3 rings (SSSR count). The number of hydrogen-bond acceptors (Lipinski definition) is 2. The van der Waals surface area contributed by atoms with Gasteiger partial charge in [0.2, 0.25) is 0 Å². The van der Waals surface area contributed by atoms with E-state index in [1.807, 2.05) is 13.0 Å². The summed E-state index contributed by atoms with van der Waals surface area (Å²) in [5, 5.41) is 3.90. The lowest BCUT2D eigenvalue weighted by Crippen LogP contribution is -3.12. The van der Waals surface area contributed by atoms with E-state index in [0.29, 0.717) is 19.2 Å². The van der Waals surface area contributed by atoms with E-state index in [0.717, 1.165) is 37.4 Å². The molecule has 1 amide bonds. The minimum atomic E-state index is -0.210. The van der Waals surface area contributed by atoms with Gasteiger partial charge in [-0.25, -0.2) is 0 Å². The summed E-state index contributed by atoms with van der Waals surface area (Å²) < 4.78 is 0.695. The zero-order valence-electron chi connectivity index (χ0n) is 14.7. The summed E-state index contributed by atoms with van der Waals surface area (Å²) in [6.07, 6.45) is 0. The number of rotatable bonds is 3. The molecule has 1 saturated heterocycles. The van der Waals surface area contributed by atoms with Crippen molar-refractivity contribution in [1.82, 2.24) is 0 Å². The highest BCUT2D eigenvalue weighted by molar-refractivity contribution is 14.1. The van der Waals surface area contributed by atoms with E-state index < -0.39 is 0 Å². The van der Waals surface area contributed by atoms with E-state index in [-0.39, 0.29) is 5.91 Å². The van der Waals surface area contributed by atoms with Gasteiger partial charge in [-0.15, -0.1) is 0 Å². The average molecular weight is 505 g/mol. The van der Waals surface area contributed by atoms with Gasteiger partial charge in [0, 0.05) is 20.0 Å². The molecule has 0 spiro atoms. The van der Waals surface area contributed by atoms with Crippen molar-refractivity contribution in [2.45, 2.75) is 6.92 Å². The smallest absolute Gasteiger partial charge is 0.256 e. The summed E-state index contributed by atoms with van der Waals surface area (Å²) in [4.78, 5) is 16.6. The minimum Gasteiger partial charge on any atom is -0.360 e. The van der Waals surface area contributed by atoms with Crippen molar-refractivity contribution >= 4 is 63.1 Å². The lowest BCUT2D eigenvalue weighted by atomic mass is 10.1. The molecule has 7 heteroatoms. The van der Waals surface area contributed by atoms with E-state index in [1.54, 1.807) is 17.0 Å². The number of piperazine rings is 1. The van der Waals surface area contributed by atoms with Crippen LogP contribution in [0.25, 0.3) is 0 Å². The monoisotopic (exact) mass is 504 g/mol. The summed E-state index contributed by atoms with van der Waals surface area (Å²) >= 11 is 14.2. The number of benzene rings is 2. The number of anilines is 2. The predicted octanol–water partition coefficient (Wildman–Crippen LogP) is 3.49. The van der Waals surface area contributed by atoms with Crippen LogP contribution in [-0.4, -0.2) is 39.1 Å². The van der Waals surface area contributed by atoms with Gasteiger partial charge in [0.05, 0.1) is 43.8 Å². The Labute approximate surface area is 177 Å². The van der Waals surface area contributed by atoms with E-state index in [4.69, 9.17) is 23.2 Å². The summed E-state index contributed by atoms with van der Waals surface area (Å²) in [5.41, 5.74) is 3.51. The lowest BCUT2D eigenvalue weighted by molar-refractivity contribution is -0.880. The van der Waals surface area contributed by atoms with Crippen LogP contribution in [0.5, 0.6) is 0 Å². The number of quaternary nitrogens is 1. The van der Waals surface area contributed by atoms with Crippen LogP contribution in [0.4, 0.5) is 11.4 Å². The zero-order valence-corrected chi connectivity index (χ0v) is 18.4. The lowest BCUT2D eigenvalue weighted by Gasteiger charge is -2.32. The number of aryl methyl sites for hydroxylation is 1. The normalized spacial score (nSPS) is 15.2. The van der Waals surface area contributed by atoms with Crippen LogP contribution < -0.4 is 15.1 Å². The van der Waals surface area contributed by atoms with Crippen LogP contribution in [0.2, 0.25) is 10.0 Å². The van der Waals surface area contributed by atoms with Gasteiger partial charge in [0.25, 0.3) is 5.91 Å². The summed E-state index contributed by atoms with van der Waals surface area (Å²) in [6.45, 7) is 6.40. The highest BCUT2D eigenvalue weighted by Crippen LogP contribution is 2.28. The van der Waals surface area contributed by atoms with Crippen molar-refractivity contribution in [2.75, 3.05) is 43.4 Å². The van der Waals surface area contributed by atoms with Crippen LogP contribution in [0.3, 0.4) is 0 Å². The van der Waals surface area contributed by atoms with Crippen LogP contribution in [-0.2, 0) is 0 Å². The van der Waals surface area contributed by atoms with E-state index in [9.17, 15) is 4.79 Å². The Morgan fingerprint density at radius 1 is 1.19 bits per heavy atom. The first-order valence-corrected chi connectivity index (χ1v) is 10.3. The van der Waals surface area contributed by atoms with Gasteiger partial charge in [-0.3, -0.25) is 4.79 Å². The van der Waals surface area contributed by atoms with Crippen molar-refractivity contribution in [1.29, 1.82) is 0 Å². The Hall–Kier alpha value is -1.02. The van der Waals surface area contributed by atoms with Crippen LogP contribution >= 0.6 is 45.8 Å². The van der Waals surface area contributed by atoms with Crippen molar-refractivity contribution in [3.05, 3.63) is 55.1 Å². The van der Waals surface area contributed by atoms with Crippen LogP contribution in [0, 0.1) is 10.5 Å². The molecule has 2 aromatic carbocycles. The molecule has 0 atom stereocenters. The maximum atomic E-state index is 12.7. The Bertz CT molecular complexity index is 836. The Morgan fingerprint density at radius 2 is 1.88 bits per heavy atom.